The Balaban J connectivity index is 1.47. The lowest BCUT2D eigenvalue weighted by molar-refractivity contribution is -0.384. The maximum Gasteiger partial charge on any atom is 0.320 e. The van der Waals surface area contributed by atoms with Gasteiger partial charge in [-0.3, -0.25) is 19.7 Å². The van der Waals surface area contributed by atoms with Crippen molar-refractivity contribution in [1.82, 2.24) is 15.1 Å². The van der Waals surface area contributed by atoms with Crippen molar-refractivity contribution in [2.24, 2.45) is 0 Å². The summed E-state index contributed by atoms with van der Waals surface area (Å²) in [7, 11) is 0. The molecule has 0 radical (unpaired) electrons. The molecule has 1 atom stereocenters. The monoisotopic (exact) mass is 531 g/mol. The summed E-state index contributed by atoms with van der Waals surface area (Å²) < 4.78 is 5.32. The van der Waals surface area contributed by atoms with E-state index in [1.165, 1.54) is 23.5 Å². The molecule has 12 nitrogen and oxygen atoms in total. The van der Waals surface area contributed by atoms with E-state index in [2.05, 4.69) is 5.32 Å². The van der Waals surface area contributed by atoms with Gasteiger partial charge in [-0.25, -0.2) is 4.79 Å². The van der Waals surface area contributed by atoms with Crippen LogP contribution in [0.25, 0.3) is 0 Å². The molecule has 4 rings (SSSR count). The number of nitrogens with one attached hydrogen (secondary N) is 1. The van der Waals surface area contributed by atoms with Crippen molar-refractivity contribution in [2.75, 3.05) is 57.4 Å². The van der Waals surface area contributed by atoms with Crippen LogP contribution < -0.4 is 10.2 Å². The highest BCUT2D eigenvalue weighted by molar-refractivity contribution is 7.10. The number of carboxylic acid groups (broad SMARTS) is 1. The average molecular weight is 532 g/mol. The van der Waals surface area contributed by atoms with Gasteiger partial charge in [0.15, 0.2) is 0 Å². The first-order valence-corrected chi connectivity index (χ1v) is 12.9. The van der Waals surface area contributed by atoms with Gasteiger partial charge >= 0.3 is 12.0 Å². The lowest BCUT2D eigenvalue weighted by Crippen LogP contribution is -2.49. The number of hydrogen-bond acceptors (Lipinski definition) is 8. The van der Waals surface area contributed by atoms with Gasteiger partial charge in [0.2, 0.25) is 0 Å². The molecule has 2 aromatic rings. The van der Waals surface area contributed by atoms with Crippen LogP contribution >= 0.6 is 11.3 Å². The number of carbonyl (C=O) groups excluding carboxylic acids is 2. The summed E-state index contributed by atoms with van der Waals surface area (Å²) in [5, 5.41) is 25.7. The van der Waals surface area contributed by atoms with Gasteiger partial charge in [0.25, 0.3) is 11.6 Å². The fourth-order valence-electron chi connectivity index (χ4n) is 4.51. The summed E-state index contributed by atoms with van der Waals surface area (Å²) >= 11 is 1.32. The molecule has 0 bridgehead atoms. The van der Waals surface area contributed by atoms with Crippen molar-refractivity contribution in [3.8, 4) is 0 Å². The number of amides is 3. The van der Waals surface area contributed by atoms with Crippen molar-refractivity contribution in [1.29, 1.82) is 0 Å². The number of nitrogens with zero attached hydrogens (tertiary/aromatic N) is 4. The maximum atomic E-state index is 12.9. The average Bonchev–Trinajstić information content (AvgIpc) is 3.32. The molecule has 0 aliphatic carbocycles. The number of thiophene rings is 1. The second kappa shape index (κ2) is 12.0. The van der Waals surface area contributed by atoms with Crippen LogP contribution in [0.1, 0.15) is 34.1 Å². The summed E-state index contributed by atoms with van der Waals surface area (Å²) in [6.07, 6.45) is 0.340. The van der Waals surface area contributed by atoms with Gasteiger partial charge < -0.3 is 29.9 Å². The molecular formula is C24H29N5O7S. The first kappa shape index (κ1) is 26.4. The molecule has 2 aliphatic rings. The number of nitro benzene ring substituents is 1. The Morgan fingerprint density at radius 3 is 2.51 bits per heavy atom. The molecule has 0 spiro atoms. The number of nitro groups is 1. The van der Waals surface area contributed by atoms with E-state index in [9.17, 15) is 29.6 Å². The number of urea groups is 1. The number of rotatable bonds is 7. The summed E-state index contributed by atoms with van der Waals surface area (Å²) in [6, 6.07) is 6.97. The summed E-state index contributed by atoms with van der Waals surface area (Å²) in [4.78, 5) is 54.6. The quantitative estimate of drug-likeness (QED) is 0.410. The van der Waals surface area contributed by atoms with Gasteiger partial charge in [0.05, 0.1) is 30.6 Å². The van der Waals surface area contributed by atoms with Gasteiger partial charge in [0.1, 0.15) is 5.69 Å². The van der Waals surface area contributed by atoms with Crippen molar-refractivity contribution >= 4 is 40.6 Å². The minimum atomic E-state index is -1.07. The topological polar surface area (TPSA) is 146 Å². The van der Waals surface area contributed by atoms with E-state index in [-0.39, 0.29) is 23.7 Å². The summed E-state index contributed by atoms with van der Waals surface area (Å²) in [6.45, 7) is 4.05. The van der Waals surface area contributed by atoms with Gasteiger partial charge in [-0.1, -0.05) is 6.07 Å². The number of morpholine rings is 1. The smallest absolute Gasteiger partial charge is 0.320 e. The molecular weight excluding hydrogens is 502 g/mol. The summed E-state index contributed by atoms with van der Waals surface area (Å²) in [5.74, 6) is -1.66. The minimum absolute atomic E-state index is 0.0478. The standard InChI is InChI=1S/C24H29N5O7S/c30-22(31)16-18(21-3-1-14-37-21)25-23(32)17-4-5-19(20(15-17)29(34)35)26-6-2-7-27(9-8-26)24(33)28-10-12-36-13-11-28/h1,3-5,14-15,18H,2,6-13,16H2,(H,25,32)(H,30,31). The molecule has 2 aliphatic heterocycles. The highest BCUT2D eigenvalue weighted by Crippen LogP contribution is 2.31. The van der Waals surface area contributed by atoms with Crippen LogP contribution in [0.2, 0.25) is 0 Å². The van der Waals surface area contributed by atoms with Gasteiger partial charge in [-0.15, -0.1) is 11.3 Å². The van der Waals surface area contributed by atoms with Crippen molar-refractivity contribution in [2.45, 2.75) is 18.9 Å². The van der Waals surface area contributed by atoms with E-state index in [0.717, 1.165) is 0 Å². The molecule has 13 heteroatoms. The first-order valence-electron chi connectivity index (χ1n) is 12.0. The molecule has 198 valence electrons. The Morgan fingerprint density at radius 2 is 1.84 bits per heavy atom. The summed E-state index contributed by atoms with van der Waals surface area (Å²) in [5.41, 5.74) is 0.232. The number of hydrogen-bond donors (Lipinski definition) is 2. The number of carboxylic acids is 1. The molecule has 2 saturated heterocycles. The minimum Gasteiger partial charge on any atom is -0.481 e. The van der Waals surface area contributed by atoms with Crippen molar-refractivity contribution in [3.05, 3.63) is 56.3 Å². The molecule has 2 N–H and O–H groups in total. The van der Waals surface area contributed by atoms with E-state index >= 15 is 0 Å². The molecule has 2 fully saturated rings. The predicted molar refractivity (Wildman–Crippen MR) is 136 cm³/mol. The lowest BCUT2D eigenvalue weighted by Gasteiger charge is -2.32. The largest absolute Gasteiger partial charge is 0.481 e. The molecule has 1 aromatic heterocycles. The van der Waals surface area contributed by atoms with Gasteiger partial charge in [-0.2, -0.15) is 0 Å². The van der Waals surface area contributed by atoms with Gasteiger partial charge in [-0.05, 0) is 30.0 Å². The molecule has 37 heavy (non-hydrogen) atoms. The third-order valence-corrected chi connectivity index (χ3v) is 7.38. The van der Waals surface area contributed by atoms with Crippen LogP contribution in [0.5, 0.6) is 0 Å². The number of aliphatic carboxylic acids is 1. The van der Waals surface area contributed by atoms with Crippen LogP contribution in [0.3, 0.4) is 0 Å². The van der Waals surface area contributed by atoms with Crippen LogP contribution in [0, 0.1) is 10.1 Å². The molecule has 1 unspecified atom stereocenters. The molecule has 1 aromatic carbocycles. The molecule has 3 heterocycles. The lowest BCUT2D eigenvalue weighted by atomic mass is 10.1. The van der Waals surface area contributed by atoms with Crippen LogP contribution in [0.15, 0.2) is 35.7 Å². The van der Waals surface area contributed by atoms with Crippen LogP contribution in [-0.2, 0) is 9.53 Å². The predicted octanol–water partition coefficient (Wildman–Crippen LogP) is 2.57. The Bertz CT molecular complexity index is 1140. The molecule has 3 amide bonds. The fraction of sp³-hybridized carbons (Fsp3) is 0.458. The third-order valence-electron chi connectivity index (χ3n) is 6.39. The van der Waals surface area contributed by atoms with E-state index in [1.807, 2.05) is 4.90 Å². The van der Waals surface area contributed by atoms with Crippen molar-refractivity contribution in [3.63, 3.8) is 0 Å². The first-order chi connectivity index (χ1) is 17.8. The van der Waals surface area contributed by atoms with E-state index in [4.69, 9.17) is 4.74 Å². The molecule has 0 saturated carbocycles. The fourth-order valence-corrected chi connectivity index (χ4v) is 5.29. The normalized spacial score (nSPS) is 17.1. The SMILES string of the molecule is O=C(O)CC(NC(=O)c1ccc(N2CCCN(C(=O)N3CCOCC3)CC2)c([N+](=O)[O-])c1)c1cccs1. The Morgan fingerprint density at radius 1 is 1.08 bits per heavy atom. The van der Waals surface area contributed by atoms with E-state index in [1.54, 1.807) is 33.4 Å². The van der Waals surface area contributed by atoms with E-state index < -0.39 is 22.8 Å². The zero-order chi connectivity index (χ0) is 26.4. The number of ether oxygens (including phenoxy) is 1. The van der Waals surface area contributed by atoms with Gasteiger partial charge in [0, 0.05) is 55.8 Å². The zero-order valence-corrected chi connectivity index (χ0v) is 21.0. The van der Waals surface area contributed by atoms with E-state index in [0.29, 0.717) is 69.5 Å². The number of anilines is 1. The van der Waals surface area contributed by atoms with Crippen LogP contribution in [-0.4, -0.2) is 90.2 Å². The number of benzene rings is 1. The zero-order valence-electron chi connectivity index (χ0n) is 20.2. The second-order valence-corrected chi connectivity index (χ2v) is 9.79. The Kier molecular flexibility index (Phi) is 8.56. The number of carbonyl (C=O) groups is 3. The van der Waals surface area contributed by atoms with Crippen molar-refractivity contribution < 1.29 is 29.2 Å². The highest BCUT2D eigenvalue weighted by atomic mass is 32.1. The second-order valence-electron chi connectivity index (χ2n) is 8.81. The Labute approximate surface area is 217 Å². The van der Waals surface area contributed by atoms with Crippen LogP contribution in [0.4, 0.5) is 16.2 Å². The Hall–Kier alpha value is -3.71. The maximum absolute atomic E-state index is 12.9. The third kappa shape index (κ3) is 6.54. The highest BCUT2D eigenvalue weighted by Gasteiger charge is 2.28.